The van der Waals surface area contributed by atoms with Gasteiger partial charge in [-0.15, -0.1) is 0 Å². The highest BCUT2D eigenvalue weighted by atomic mass is 32.1. The molecule has 0 bridgehead atoms. The van der Waals surface area contributed by atoms with Gasteiger partial charge >= 0.3 is 0 Å². The summed E-state index contributed by atoms with van der Waals surface area (Å²) < 4.78 is 0.744. The number of anilines is 1. The molecule has 0 saturated carbocycles. The molecule has 0 radical (unpaired) electrons. The number of nitrogens with zero attached hydrogens (tertiary/aromatic N) is 2. The summed E-state index contributed by atoms with van der Waals surface area (Å²) in [5.41, 5.74) is 21.2. The zero-order valence-corrected chi connectivity index (χ0v) is 23.6. The van der Waals surface area contributed by atoms with E-state index in [0.717, 1.165) is 52.6 Å². The van der Waals surface area contributed by atoms with E-state index in [2.05, 4.69) is 35.3 Å². The SMILES string of the molecule is C[N+](CCN)(CCN)CCCC(N)C(=O)N[C@H](Cc1ccc(CS)cc1)C(=O)Nc1cnc2ccccc2c1. The van der Waals surface area contributed by atoms with Crippen molar-refractivity contribution in [2.45, 2.75) is 37.1 Å². The zero-order chi connectivity index (χ0) is 28.3. The molecule has 210 valence electrons. The van der Waals surface area contributed by atoms with Crippen LogP contribution in [0.2, 0.25) is 0 Å². The number of para-hydroxylation sites is 1. The van der Waals surface area contributed by atoms with Crippen molar-refractivity contribution in [3.05, 3.63) is 71.9 Å². The minimum Gasteiger partial charge on any atom is -0.343 e. The number of nitrogens with two attached hydrogens (primary N) is 3. The summed E-state index contributed by atoms with van der Waals surface area (Å²) in [6.45, 7) is 3.60. The Hall–Kier alpha value is -3.02. The van der Waals surface area contributed by atoms with Gasteiger partial charge in [-0.2, -0.15) is 12.6 Å². The van der Waals surface area contributed by atoms with E-state index in [-0.39, 0.29) is 11.8 Å². The molecule has 39 heavy (non-hydrogen) atoms. The van der Waals surface area contributed by atoms with Crippen LogP contribution in [0.3, 0.4) is 0 Å². The third kappa shape index (κ3) is 9.29. The molecule has 1 unspecified atom stereocenters. The van der Waals surface area contributed by atoms with Crippen molar-refractivity contribution in [3.8, 4) is 0 Å². The van der Waals surface area contributed by atoms with Crippen molar-refractivity contribution in [1.29, 1.82) is 0 Å². The predicted octanol–water partition coefficient (Wildman–Crippen LogP) is 1.80. The summed E-state index contributed by atoms with van der Waals surface area (Å²) in [6, 6.07) is 15.8. The Balaban J connectivity index is 1.68. The highest BCUT2D eigenvalue weighted by Crippen LogP contribution is 2.17. The van der Waals surface area contributed by atoms with Gasteiger partial charge in [-0.25, -0.2) is 0 Å². The van der Waals surface area contributed by atoms with E-state index in [9.17, 15) is 9.59 Å². The third-order valence-electron chi connectivity index (χ3n) is 7.02. The quantitative estimate of drug-likeness (QED) is 0.125. The van der Waals surface area contributed by atoms with Gasteiger partial charge in [-0.1, -0.05) is 42.5 Å². The Morgan fingerprint density at radius 1 is 0.974 bits per heavy atom. The van der Waals surface area contributed by atoms with Crippen LogP contribution >= 0.6 is 12.6 Å². The number of pyridine rings is 1. The first-order valence-electron chi connectivity index (χ1n) is 13.4. The van der Waals surface area contributed by atoms with Gasteiger partial charge in [0.1, 0.15) is 6.04 Å². The van der Waals surface area contributed by atoms with E-state index in [0.29, 0.717) is 37.4 Å². The van der Waals surface area contributed by atoms with Gasteiger partial charge in [-0.3, -0.25) is 14.6 Å². The second-order valence-corrected chi connectivity index (χ2v) is 10.6. The number of nitrogens with one attached hydrogen (secondary N) is 2. The maximum Gasteiger partial charge on any atom is 0.247 e. The van der Waals surface area contributed by atoms with Crippen LogP contribution in [0.1, 0.15) is 24.0 Å². The fourth-order valence-electron chi connectivity index (χ4n) is 4.66. The summed E-state index contributed by atoms with van der Waals surface area (Å²) in [5.74, 6) is -0.0642. The summed E-state index contributed by atoms with van der Waals surface area (Å²) in [6.07, 6.45) is 3.18. The fraction of sp³-hybridized carbons (Fsp3) is 0.414. The van der Waals surface area contributed by atoms with Gasteiger partial charge in [-0.05, 0) is 36.1 Å². The predicted molar refractivity (Wildman–Crippen MR) is 161 cm³/mol. The Morgan fingerprint density at radius 2 is 1.64 bits per heavy atom. The van der Waals surface area contributed by atoms with Gasteiger partial charge in [0.2, 0.25) is 11.8 Å². The fourth-order valence-corrected chi connectivity index (χ4v) is 4.87. The number of quaternary nitrogens is 1. The average molecular weight is 553 g/mol. The molecule has 0 aliphatic heterocycles. The number of fused-ring (bicyclic) bond motifs is 1. The lowest BCUT2D eigenvalue weighted by Gasteiger charge is -2.34. The number of rotatable bonds is 15. The van der Waals surface area contributed by atoms with Crippen LogP contribution in [0.4, 0.5) is 5.69 Å². The minimum absolute atomic E-state index is 0.320. The Kier molecular flexibility index (Phi) is 11.7. The Labute approximate surface area is 236 Å². The van der Waals surface area contributed by atoms with E-state index < -0.39 is 12.1 Å². The smallest absolute Gasteiger partial charge is 0.247 e. The monoisotopic (exact) mass is 552 g/mol. The van der Waals surface area contributed by atoms with Gasteiger partial charge in [0.25, 0.3) is 0 Å². The zero-order valence-electron chi connectivity index (χ0n) is 22.7. The van der Waals surface area contributed by atoms with Crippen LogP contribution in [0.25, 0.3) is 10.9 Å². The molecule has 2 amide bonds. The molecule has 2 atom stereocenters. The number of thiol groups is 1. The number of carbonyl (C=O) groups excluding carboxylic acids is 2. The van der Waals surface area contributed by atoms with E-state index in [1.165, 1.54) is 0 Å². The highest BCUT2D eigenvalue weighted by Gasteiger charge is 2.26. The molecule has 0 spiro atoms. The number of benzene rings is 2. The molecule has 0 fully saturated rings. The molecule has 10 heteroatoms. The number of carbonyl (C=O) groups is 2. The van der Waals surface area contributed by atoms with Gasteiger partial charge in [0.15, 0.2) is 0 Å². The van der Waals surface area contributed by atoms with Crippen molar-refractivity contribution in [2.24, 2.45) is 17.2 Å². The lowest BCUT2D eigenvalue weighted by molar-refractivity contribution is -0.907. The minimum atomic E-state index is -0.813. The standard InChI is InChI=1S/C29H41N7O2S/c1-36(15-12-30,16-13-31)14-4-6-25(32)28(37)35-27(17-21-8-10-22(20-39)11-9-21)29(38)34-24-18-23-5-2-3-7-26(23)33-19-24/h2-3,5,7-11,18-19,25,27H,4,6,12-17,20,30-32H2,1H3,(H2-,34,35,37,38,39)/p+1/t25?,27-/m1/s1. The third-order valence-corrected chi connectivity index (χ3v) is 7.39. The maximum atomic E-state index is 13.4. The van der Waals surface area contributed by atoms with E-state index >= 15 is 0 Å². The number of hydrogen-bond acceptors (Lipinski definition) is 7. The summed E-state index contributed by atoms with van der Waals surface area (Å²) >= 11 is 4.31. The van der Waals surface area contributed by atoms with Gasteiger partial charge in [0, 0.05) is 30.6 Å². The summed E-state index contributed by atoms with van der Waals surface area (Å²) in [4.78, 5) is 30.9. The Bertz CT molecular complexity index is 1220. The number of likely N-dealkylation sites (N-methyl/N-ethyl adjacent to an activating group) is 1. The topological polar surface area (TPSA) is 149 Å². The molecule has 1 aromatic heterocycles. The van der Waals surface area contributed by atoms with Crippen molar-refractivity contribution in [2.75, 3.05) is 45.1 Å². The average Bonchev–Trinajstić information content (AvgIpc) is 2.93. The Morgan fingerprint density at radius 3 is 2.31 bits per heavy atom. The largest absolute Gasteiger partial charge is 0.343 e. The summed E-state index contributed by atoms with van der Waals surface area (Å²) in [7, 11) is 2.12. The molecule has 3 rings (SSSR count). The number of aromatic nitrogens is 1. The van der Waals surface area contributed by atoms with E-state index in [4.69, 9.17) is 17.2 Å². The van der Waals surface area contributed by atoms with Crippen LogP contribution in [-0.2, 0) is 21.8 Å². The molecule has 0 aliphatic carbocycles. The first-order chi connectivity index (χ1) is 18.8. The van der Waals surface area contributed by atoms with Crippen LogP contribution in [0, 0.1) is 0 Å². The first kappa shape index (κ1) is 30.5. The highest BCUT2D eigenvalue weighted by molar-refractivity contribution is 7.79. The molecule has 3 aromatic rings. The lowest BCUT2D eigenvalue weighted by Crippen LogP contribution is -2.52. The van der Waals surface area contributed by atoms with Gasteiger partial charge < -0.3 is 32.3 Å². The molecular formula is C29H42N7O2S+. The van der Waals surface area contributed by atoms with Crippen LogP contribution < -0.4 is 27.8 Å². The second kappa shape index (κ2) is 14.9. The second-order valence-electron chi connectivity index (χ2n) is 10.3. The van der Waals surface area contributed by atoms with Crippen LogP contribution in [0.15, 0.2) is 60.8 Å². The van der Waals surface area contributed by atoms with Gasteiger partial charge in [0.05, 0.1) is 50.1 Å². The number of amides is 2. The maximum absolute atomic E-state index is 13.4. The lowest BCUT2D eigenvalue weighted by atomic mass is 10.0. The van der Waals surface area contributed by atoms with E-state index in [1.807, 2.05) is 54.6 Å². The number of hydrogen-bond donors (Lipinski definition) is 6. The van der Waals surface area contributed by atoms with Crippen molar-refractivity contribution >= 4 is 41.0 Å². The van der Waals surface area contributed by atoms with E-state index in [1.54, 1.807) is 6.20 Å². The molecule has 0 aliphatic rings. The molecule has 0 saturated heterocycles. The first-order valence-corrected chi connectivity index (χ1v) is 14.0. The molecule has 9 nitrogen and oxygen atoms in total. The molecule has 8 N–H and O–H groups in total. The van der Waals surface area contributed by atoms with Crippen LogP contribution in [-0.4, -0.2) is 73.1 Å². The van der Waals surface area contributed by atoms with Crippen molar-refractivity contribution in [1.82, 2.24) is 10.3 Å². The van der Waals surface area contributed by atoms with Crippen molar-refractivity contribution in [3.63, 3.8) is 0 Å². The molecular weight excluding hydrogens is 510 g/mol. The normalized spacial score (nSPS) is 13.2. The molecule has 1 heterocycles. The van der Waals surface area contributed by atoms with Crippen molar-refractivity contribution < 1.29 is 14.1 Å². The van der Waals surface area contributed by atoms with Crippen LogP contribution in [0.5, 0.6) is 0 Å². The molecule has 2 aromatic carbocycles. The summed E-state index contributed by atoms with van der Waals surface area (Å²) in [5, 5.41) is 6.72.